The second-order valence-electron chi connectivity index (χ2n) is 6.84. The number of sulfonamides is 1. The van der Waals surface area contributed by atoms with Crippen LogP contribution in [0.25, 0.3) is 0 Å². The maximum absolute atomic E-state index is 12.7. The Balaban J connectivity index is 2.14. The quantitative estimate of drug-likeness (QED) is 0.550. The summed E-state index contributed by atoms with van der Waals surface area (Å²) in [7, 11) is -0.874. The summed E-state index contributed by atoms with van der Waals surface area (Å²) in [5.41, 5.74) is 1.04. The van der Waals surface area contributed by atoms with Crippen molar-refractivity contribution in [2.75, 3.05) is 31.3 Å². The zero-order valence-electron chi connectivity index (χ0n) is 18.1. The summed E-state index contributed by atoms with van der Waals surface area (Å²) in [4.78, 5) is 24.6. The van der Waals surface area contributed by atoms with Gasteiger partial charge in [-0.3, -0.25) is 9.59 Å². The Hall–Kier alpha value is -2.56. The molecule has 2 amide bonds. The Bertz CT molecular complexity index is 1040. The smallest absolute Gasteiger partial charge is 0.246 e. The monoisotopic (exact) mass is 465 g/mol. The van der Waals surface area contributed by atoms with Crippen molar-refractivity contribution in [2.45, 2.75) is 35.8 Å². The van der Waals surface area contributed by atoms with Crippen molar-refractivity contribution in [3.05, 3.63) is 42.5 Å². The van der Waals surface area contributed by atoms with E-state index >= 15 is 0 Å². The Morgan fingerprint density at radius 3 is 2.23 bits per heavy atom. The summed E-state index contributed by atoms with van der Waals surface area (Å²) in [6, 6.07) is 11.7. The molecule has 0 fully saturated rings. The average molecular weight is 466 g/mol. The molecular weight excluding hydrogens is 438 g/mol. The topological polar surface area (TPSA) is 105 Å². The average Bonchev–Trinajstić information content (AvgIpc) is 2.70. The number of nitrogens with zero attached hydrogens (tertiary/aromatic N) is 1. The van der Waals surface area contributed by atoms with Crippen molar-refractivity contribution in [3.8, 4) is 5.75 Å². The van der Waals surface area contributed by atoms with Gasteiger partial charge in [0, 0.05) is 37.3 Å². The second-order valence-corrected chi connectivity index (χ2v) is 10.4. The number of amides is 2. The molecule has 0 spiro atoms. The number of benzene rings is 2. The first-order chi connectivity index (χ1) is 14.5. The van der Waals surface area contributed by atoms with E-state index in [0.717, 1.165) is 9.20 Å². The van der Waals surface area contributed by atoms with Gasteiger partial charge in [-0.2, -0.15) is 0 Å². The molecule has 0 heterocycles. The van der Waals surface area contributed by atoms with Crippen LogP contribution in [-0.4, -0.2) is 50.5 Å². The number of carbonyl (C=O) groups excluding carboxylic acids is 2. The van der Waals surface area contributed by atoms with Gasteiger partial charge in [-0.1, -0.05) is 0 Å². The fourth-order valence-electron chi connectivity index (χ4n) is 2.58. The molecule has 0 aromatic heterocycles. The minimum Gasteiger partial charge on any atom is -0.492 e. The normalized spacial score (nSPS) is 12.3. The maximum Gasteiger partial charge on any atom is 0.246 e. The maximum atomic E-state index is 12.7. The molecular formula is C21H27N3O5S2. The third kappa shape index (κ3) is 6.71. The summed E-state index contributed by atoms with van der Waals surface area (Å²) < 4.78 is 31.8. The molecule has 8 nitrogen and oxygen atoms in total. The second kappa shape index (κ2) is 10.7. The largest absolute Gasteiger partial charge is 0.492 e. The van der Waals surface area contributed by atoms with E-state index < -0.39 is 15.3 Å². The molecule has 0 radical (unpaired) electrons. The van der Waals surface area contributed by atoms with Crippen LogP contribution in [0.2, 0.25) is 0 Å². The summed E-state index contributed by atoms with van der Waals surface area (Å²) in [6.45, 7) is 5.28. The zero-order valence-corrected chi connectivity index (χ0v) is 19.8. The predicted molar refractivity (Wildman–Crippen MR) is 123 cm³/mol. The molecule has 0 saturated heterocycles. The Morgan fingerprint density at radius 2 is 1.68 bits per heavy atom. The number of hydrogen-bond acceptors (Lipinski definition) is 6. The van der Waals surface area contributed by atoms with Crippen LogP contribution < -0.4 is 15.4 Å². The number of rotatable bonds is 9. The van der Waals surface area contributed by atoms with Crippen LogP contribution >= 0.6 is 11.8 Å². The lowest BCUT2D eigenvalue weighted by molar-refractivity contribution is -0.115. The minimum atomic E-state index is -3.75. The highest BCUT2D eigenvalue weighted by Gasteiger charge is 2.24. The first-order valence-electron chi connectivity index (χ1n) is 9.59. The molecule has 0 aliphatic heterocycles. The number of anilines is 2. The van der Waals surface area contributed by atoms with Gasteiger partial charge in [0.05, 0.1) is 11.9 Å². The molecule has 2 aromatic carbocycles. The van der Waals surface area contributed by atoms with Gasteiger partial charge in [-0.05, 0) is 56.3 Å². The standard InChI is InChI=1S/C21H27N3O5S2/c1-6-29-19-12-9-17(13-20(19)31(27,28)24(4)5)23-21(26)14(2)30-18-10-7-16(8-11-18)22-15(3)25/h7-14H,6H2,1-5H3,(H,22,25)(H,23,26). The van der Waals surface area contributed by atoms with Gasteiger partial charge < -0.3 is 15.4 Å². The van der Waals surface area contributed by atoms with Crippen molar-refractivity contribution in [3.63, 3.8) is 0 Å². The van der Waals surface area contributed by atoms with Gasteiger partial charge in [0.15, 0.2) is 0 Å². The molecule has 31 heavy (non-hydrogen) atoms. The fraction of sp³-hybridized carbons (Fsp3) is 0.333. The van der Waals surface area contributed by atoms with Gasteiger partial charge in [0.1, 0.15) is 10.6 Å². The van der Waals surface area contributed by atoms with Crippen molar-refractivity contribution in [1.82, 2.24) is 4.31 Å². The van der Waals surface area contributed by atoms with E-state index in [-0.39, 0.29) is 22.5 Å². The number of thioether (sulfide) groups is 1. The highest BCUT2D eigenvalue weighted by atomic mass is 32.2. The molecule has 168 valence electrons. The highest BCUT2D eigenvalue weighted by Crippen LogP contribution is 2.30. The fourth-order valence-corrected chi connectivity index (χ4v) is 4.50. The molecule has 2 N–H and O–H groups in total. The molecule has 0 saturated carbocycles. The van der Waals surface area contributed by atoms with Gasteiger partial charge in [-0.25, -0.2) is 12.7 Å². The van der Waals surface area contributed by atoms with E-state index in [9.17, 15) is 18.0 Å². The van der Waals surface area contributed by atoms with Gasteiger partial charge in [-0.15, -0.1) is 11.8 Å². The summed E-state index contributed by atoms with van der Waals surface area (Å²) >= 11 is 1.35. The van der Waals surface area contributed by atoms with E-state index in [1.807, 2.05) is 12.1 Å². The summed E-state index contributed by atoms with van der Waals surface area (Å²) in [6.07, 6.45) is 0. The minimum absolute atomic E-state index is 0.00832. The number of nitrogens with one attached hydrogen (secondary N) is 2. The number of carbonyl (C=O) groups is 2. The lowest BCUT2D eigenvalue weighted by atomic mass is 10.3. The third-order valence-corrected chi connectivity index (χ3v) is 7.07. The van der Waals surface area contributed by atoms with Crippen LogP contribution in [0, 0.1) is 0 Å². The Kier molecular flexibility index (Phi) is 8.49. The van der Waals surface area contributed by atoms with E-state index in [1.165, 1.54) is 44.9 Å². The van der Waals surface area contributed by atoms with E-state index in [2.05, 4.69) is 10.6 Å². The van der Waals surface area contributed by atoms with Crippen molar-refractivity contribution >= 4 is 45.0 Å². The number of ether oxygens (including phenoxy) is 1. The molecule has 1 unspecified atom stereocenters. The molecule has 2 aromatic rings. The Labute approximate surface area is 187 Å². The zero-order chi connectivity index (χ0) is 23.2. The molecule has 2 rings (SSSR count). The van der Waals surface area contributed by atoms with Crippen LogP contribution in [0.5, 0.6) is 5.75 Å². The van der Waals surface area contributed by atoms with Gasteiger partial charge >= 0.3 is 0 Å². The SMILES string of the molecule is CCOc1ccc(NC(=O)C(C)Sc2ccc(NC(C)=O)cc2)cc1S(=O)(=O)N(C)C. The molecule has 0 aliphatic carbocycles. The molecule has 0 aliphatic rings. The van der Waals surface area contributed by atoms with Crippen LogP contribution in [0.1, 0.15) is 20.8 Å². The van der Waals surface area contributed by atoms with Crippen molar-refractivity contribution in [1.29, 1.82) is 0 Å². The lowest BCUT2D eigenvalue weighted by Crippen LogP contribution is -2.24. The number of hydrogen-bond donors (Lipinski definition) is 2. The van der Waals surface area contributed by atoms with E-state index in [1.54, 1.807) is 32.0 Å². The third-order valence-electron chi connectivity index (χ3n) is 4.13. The van der Waals surface area contributed by atoms with E-state index in [4.69, 9.17) is 4.74 Å². The molecule has 1 atom stereocenters. The van der Waals surface area contributed by atoms with Crippen LogP contribution in [-0.2, 0) is 19.6 Å². The predicted octanol–water partition coefficient (Wildman–Crippen LogP) is 3.41. The van der Waals surface area contributed by atoms with E-state index in [0.29, 0.717) is 18.0 Å². The van der Waals surface area contributed by atoms with Gasteiger partial charge in [0.2, 0.25) is 21.8 Å². The van der Waals surface area contributed by atoms with Crippen LogP contribution in [0.15, 0.2) is 52.3 Å². The Morgan fingerprint density at radius 1 is 1.06 bits per heavy atom. The summed E-state index contributed by atoms with van der Waals surface area (Å²) in [5, 5.41) is 5.02. The van der Waals surface area contributed by atoms with Gasteiger partial charge in [0.25, 0.3) is 0 Å². The highest BCUT2D eigenvalue weighted by molar-refractivity contribution is 8.00. The molecule has 0 bridgehead atoms. The van der Waals surface area contributed by atoms with Crippen molar-refractivity contribution < 1.29 is 22.7 Å². The van der Waals surface area contributed by atoms with Crippen LogP contribution in [0.3, 0.4) is 0 Å². The molecule has 10 heteroatoms. The summed E-state index contributed by atoms with van der Waals surface area (Å²) in [5.74, 6) is -0.191. The first-order valence-corrected chi connectivity index (χ1v) is 11.9. The van der Waals surface area contributed by atoms with Crippen LogP contribution in [0.4, 0.5) is 11.4 Å². The first kappa shape index (κ1) is 24.7. The lowest BCUT2D eigenvalue weighted by Gasteiger charge is -2.17. The van der Waals surface area contributed by atoms with Crippen molar-refractivity contribution in [2.24, 2.45) is 0 Å².